The van der Waals surface area contributed by atoms with E-state index in [1.807, 2.05) is 6.92 Å². The molecule has 1 atom stereocenters. The number of para-hydroxylation sites is 1. The molecule has 0 saturated heterocycles. The van der Waals surface area contributed by atoms with Crippen LogP contribution in [0, 0.1) is 11.6 Å². The van der Waals surface area contributed by atoms with E-state index in [2.05, 4.69) is 21.2 Å². The van der Waals surface area contributed by atoms with Gasteiger partial charge < -0.3 is 5.32 Å². The predicted octanol–water partition coefficient (Wildman–Crippen LogP) is 4.55. The minimum atomic E-state index is -4.38. The van der Waals surface area contributed by atoms with Crippen molar-refractivity contribution in [3.05, 3.63) is 58.6 Å². The summed E-state index contributed by atoms with van der Waals surface area (Å²) in [6, 6.07) is 8.94. The van der Waals surface area contributed by atoms with E-state index < -0.39 is 38.5 Å². The van der Waals surface area contributed by atoms with Gasteiger partial charge in [0.25, 0.3) is 0 Å². The third kappa shape index (κ3) is 5.15. The number of likely N-dealkylation sites (N-methyl/N-ethyl adjacent to an activating group) is 1. The van der Waals surface area contributed by atoms with Crippen molar-refractivity contribution < 1.29 is 22.0 Å². The second kappa shape index (κ2) is 9.58. The summed E-state index contributed by atoms with van der Waals surface area (Å²) in [4.78, 5) is 12.1. The zero-order chi connectivity index (χ0) is 20.9. The third-order valence-electron chi connectivity index (χ3n) is 4.25. The Bertz CT molecular complexity index is 940. The molecule has 2 aromatic rings. The first kappa shape index (κ1) is 22.4. The average Bonchev–Trinajstić information content (AvgIpc) is 2.65. The number of hydrogen-bond acceptors (Lipinski definition) is 3. The van der Waals surface area contributed by atoms with Crippen molar-refractivity contribution >= 4 is 37.5 Å². The molecular formula is C19H21BrF2N2O3S. The van der Waals surface area contributed by atoms with Gasteiger partial charge in [-0.2, -0.15) is 4.31 Å². The van der Waals surface area contributed by atoms with Gasteiger partial charge >= 0.3 is 0 Å². The molecular weight excluding hydrogens is 454 g/mol. The molecule has 1 N–H and O–H groups in total. The predicted molar refractivity (Wildman–Crippen MR) is 107 cm³/mol. The number of benzene rings is 2. The number of unbranched alkanes of at least 4 members (excludes halogenated alkanes) is 1. The van der Waals surface area contributed by atoms with Gasteiger partial charge in [0, 0.05) is 18.8 Å². The minimum Gasteiger partial charge on any atom is -0.325 e. The summed E-state index contributed by atoms with van der Waals surface area (Å²) < 4.78 is 54.2. The molecule has 0 aliphatic heterocycles. The maximum atomic E-state index is 14.2. The molecule has 0 aliphatic carbocycles. The van der Waals surface area contributed by atoms with Crippen molar-refractivity contribution in [2.75, 3.05) is 12.4 Å². The first-order chi connectivity index (χ1) is 13.2. The lowest BCUT2D eigenvalue weighted by molar-refractivity contribution is -0.119. The second-order valence-electron chi connectivity index (χ2n) is 6.23. The number of hydrogen-bond donors (Lipinski definition) is 1. The van der Waals surface area contributed by atoms with Crippen LogP contribution in [0.5, 0.6) is 0 Å². The molecule has 0 saturated carbocycles. The molecule has 152 valence electrons. The van der Waals surface area contributed by atoms with Crippen LogP contribution in [0.15, 0.2) is 51.8 Å². The molecule has 5 nitrogen and oxygen atoms in total. The highest BCUT2D eigenvalue weighted by atomic mass is 79.9. The Kier molecular flexibility index (Phi) is 7.68. The monoisotopic (exact) mass is 474 g/mol. The Morgan fingerprint density at radius 2 is 1.82 bits per heavy atom. The highest BCUT2D eigenvalue weighted by Crippen LogP contribution is 2.27. The van der Waals surface area contributed by atoms with Crippen LogP contribution < -0.4 is 5.32 Å². The lowest BCUT2D eigenvalue weighted by Gasteiger charge is -2.27. The first-order valence-corrected chi connectivity index (χ1v) is 10.9. The van der Waals surface area contributed by atoms with Crippen LogP contribution >= 0.6 is 15.9 Å². The van der Waals surface area contributed by atoms with Crippen LogP contribution in [0.25, 0.3) is 0 Å². The number of carbonyl (C=O) groups excluding carboxylic acids is 1. The largest absolute Gasteiger partial charge is 0.325 e. The van der Waals surface area contributed by atoms with Gasteiger partial charge in [-0.25, -0.2) is 17.2 Å². The molecule has 0 spiro atoms. The minimum absolute atomic E-state index is 0.181. The van der Waals surface area contributed by atoms with Crippen molar-refractivity contribution in [1.29, 1.82) is 0 Å². The number of halogens is 3. The number of amides is 1. The Balaban J connectivity index is 2.36. The van der Waals surface area contributed by atoms with Gasteiger partial charge in [0.05, 0.1) is 4.47 Å². The number of carbonyl (C=O) groups is 1. The maximum absolute atomic E-state index is 14.2. The molecule has 1 amide bonds. The third-order valence-corrected chi connectivity index (χ3v) is 6.73. The number of nitrogens with zero attached hydrogens (tertiary/aromatic N) is 1. The van der Waals surface area contributed by atoms with Gasteiger partial charge in [0.15, 0.2) is 0 Å². The zero-order valence-electron chi connectivity index (χ0n) is 15.5. The van der Waals surface area contributed by atoms with Crippen LogP contribution in [-0.4, -0.2) is 31.7 Å². The van der Waals surface area contributed by atoms with E-state index in [0.29, 0.717) is 18.2 Å². The summed E-state index contributed by atoms with van der Waals surface area (Å²) >= 11 is 2.87. The summed E-state index contributed by atoms with van der Waals surface area (Å²) in [5.41, 5.74) is 0.524. The molecule has 0 radical (unpaired) electrons. The molecule has 2 rings (SSSR count). The maximum Gasteiger partial charge on any atom is 0.246 e. The normalized spacial score (nSPS) is 12.8. The second-order valence-corrected chi connectivity index (χ2v) is 9.05. The van der Waals surface area contributed by atoms with E-state index >= 15 is 0 Å². The average molecular weight is 475 g/mol. The SMILES string of the molecule is CCCCC(C(=O)Nc1ccccc1)N(C)S(=O)(=O)c1cc(Br)c(F)cc1F. The van der Waals surface area contributed by atoms with Crippen molar-refractivity contribution in [1.82, 2.24) is 4.31 Å². The van der Waals surface area contributed by atoms with E-state index in [-0.39, 0.29) is 10.9 Å². The van der Waals surface area contributed by atoms with Gasteiger partial charge in [0.2, 0.25) is 15.9 Å². The Labute approximate surface area is 171 Å². The smallest absolute Gasteiger partial charge is 0.246 e. The molecule has 1 unspecified atom stereocenters. The van der Waals surface area contributed by atoms with Gasteiger partial charge in [-0.05, 0) is 40.5 Å². The lowest BCUT2D eigenvalue weighted by Crippen LogP contribution is -2.45. The highest BCUT2D eigenvalue weighted by molar-refractivity contribution is 9.10. The van der Waals surface area contributed by atoms with Gasteiger partial charge in [-0.3, -0.25) is 4.79 Å². The van der Waals surface area contributed by atoms with Crippen molar-refractivity contribution in [2.45, 2.75) is 37.1 Å². The standard InChI is InChI=1S/C19H21BrF2N2O3S/c1-3-4-10-17(19(25)23-13-8-6-5-7-9-13)24(2)28(26,27)18-11-14(20)15(21)12-16(18)22/h5-9,11-12,17H,3-4,10H2,1-2H3,(H,23,25). The molecule has 2 aromatic carbocycles. The van der Waals surface area contributed by atoms with Gasteiger partial charge in [-0.15, -0.1) is 0 Å². The number of sulfonamides is 1. The molecule has 0 aliphatic rings. The Hall–Kier alpha value is -1.84. The van der Waals surface area contributed by atoms with Crippen LogP contribution in [0.1, 0.15) is 26.2 Å². The molecule has 0 bridgehead atoms. The number of nitrogens with one attached hydrogen (secondary N) is 1. The van der Waals surface area contributed by atoms with E-state index in [9.17, 15) is 22.0 Å². The van der Waals surface area contributed by atoms with Crippen molar-refractivity contribution in [2.24, 2.45) is 0 Å². The lowest BCUT2D eigenvalue weighted by atomic mass is 10.1. The van der Waals surface area contributed by atoms with E-state index in [1.165, 1.54) is 7.05 Å². The van der Waals surface area contributed by atoms with Gasteiger partial charge in [-0.1, -0.05) is 38.0 Å². The summed E-state index contributed by atoms with van der Waals surface area (Å²) in [5, 5.41) is 2.68. The van der Waals surface area contributed by atoms with E-state index in [4.69, 9.17) is 0 Å². The van der Waals surface area contributed by atoms with Crippen molar-refractivity contribution in [3.63, 3.8) is 0 Å². The molecule has 0 heterocycles. The summed E-state index contributed by atoms with van der Waals surface area (Å²) in [6.45, 7) is 1.91. The van der Waals surface area contributed by atoms with Crippen LogP contribution in [0.4, 0.5) is 14.5 Å². The van der Waals surface area contributed by atoms with Crippen LogP contribution in [-0.2, 0) is 14.8 Å². The number of rotatable bonds is 8. The fourth-order valence-corrected chi connectivity index (χ4v) is 4.56. The quantitative estimate of drug-likeness (QED) is 0.570. The Morgan fingerprint density at radius 3 is 2.43 bits per heavy atom. The first-order valence-electron chi connectivity index (χ1n) is 8.67. The summed E-state index contributed by atoms with van der Waals surface area (Å²) in [6.07, 6.45) is 1.61. The molecule has 0 fully saturated rings. The van der Waals surface area contributed by atoms with Gasteiger partial charge in [0.1, 0.15) is 22.6 Å². The molecule has 28 heavy (non-hydrogen) atoms. The summed E-state index contributed by atoms with van der Waals surface area (Å²) in [5.74, 6) is -2.65. The van der Waals surface area contributed by atoms with Crippen LogP contribution in [0.2, 0.25) is 0 Å². The Morgan fingerprint density at radius 1 is 1.18 bits per heavy atom. The zero-order valence-corrected chi connectivity index (χ0v) is 17.9. The van der Waals surface area contributed by atoms with E-state index in [1.54, 1.807) is 30.3 Å². The summed E-state index contributed by atoms with van der Waals surface area (Å²) in [7, 11) is -3.16. The fourth-order valence-electron chi connectivity index (χ4n) is 2.65. The number of anilines is 1. The topological polar surface area (TPSA) is 66.5 Å². The van der Waals surface area contributed by atoms with Crippen LogP contribution in [0.3, 0.4) is 0 Å². The van der Waals surface area contributed by atoms with E-state index in [0.717, 1.165) is 16.8 Å². The van der Waals surface area contributed by atoms with Crippen molar-refractivity contribution in [3.8, 4) is 0 Å². The fraction of sp³-hybridized carbons (Fsp3) is 0.316. The molecule has 0 aromatic heterocycles. The molecule has 9 heteroatoms. The highest BCUT2D eigenvalue weighted by Gasteiger charge is 2.34.